The van der Waals surface area contributed by atoms with Crippen molar-refractivity contribution in [1.29, 1.82) is 0 Å². The second-order valence-electron chi connectivity index (χ2n) is 8.23. The molecule has 0 aliphatic rings. The molecule has 4 heteroatoms. The van der Waals surface area contributed by atoms with Crippen LogP contribution in [0.5, 0.6) is 0 Å². The first-order valence-electron chi connectivity index (χ1n) is 10.4. The molecule has 0 fully saturated rings. The first-order chi connectivity index (χ1) is 14.9. The van der Waals surface area contributed by atoms with E-state index in [9.17, 15) is 0 Å². The zero-order valence-corrected chi connectivity index (χ0v) is 21.6. The number of halogens is 3. The lowest BCUT2D eigenvalue weighted by molar-refractivity contribution is -0.00000614. The van der Waals surface area contributed by atoms with Gasteiger partial charge in [0.15, 0.2) is 0 Å². The maximum Gasteiger partial charge on any atom is 0.116 e. The third kappa shape index (κ3) is 5.05. The Hall–Kier alpha value is -1.82. The maximum atomic E-state index is 6.44. The smallest absolute Gasteiger partial charge is 0.116 e. The van der Waals surface area contributed by atoms with Gasteiger partial charge in [0.05, 0.1) is 16.2 Å². The van der Waals surface area contributed by atoms with E-state index in [0.717, 1.165) is 6.16 Å². The lowest BCUT2D eigenvalue weighted by Crippen LogP contribution is -3.00. The number of benzene rings is 4. The third-order valence-electron chi connectivity index (χ3n) is 5.73. The van der Waals surface area contributed by atoms with Gasteiger partial charge >= 0.3 is 0 Å². The van der Waals surface area contributed by atoms with E-state index in [1.807, 2.05) is 12.1 Å². The van der Waals surface area contributed by atoms with E-state index in [0.29, 0.717) is 10.0 Å². The molecule has 0 heterocycles. The SMILES string of the molecule is Cc1cccc([P+](Cc2ccc(Cl)c(Cl)c2)(c2cccc(C)c2)c2cccc(C)c2)c1.[Cl-]. The van der Waals surface area contributed by atoms with Crippen molar-refractivity contribution in [3.8, 4) is 0 Å². The van der Waals surface area contributed by atoms with Crippen LogP contribution in [-0.2, 0) is 6.16 Å². The van der Waals surface area contributed by atoms with E-state index in [2.05, 4.69) is 99.6 Å². The van der Waals surface area contributed by atoms with Crippen LogP contribution in [0.25, 0.3) is 0 Å². The molecule has 0 saturated heterocycles. The highest BCUT2D eigenvalue weighted by atomic mass is 35.5. The monoisotopic (exact) mass is 498 g/mol. The Bertz CT molecular complexity index is 1120. The van der Waals surface area contributed by atoms with Crippen LogP contribution >= 0.6 is 30.5 Å². The van der Waals surface area contributed by atoms with Crippen molar-refractivity contribution in [3.63, 3.8) is 0 Å². The minimum absolute atomic E-state index is 0. The highest BCUT2D eigenvalue weighted by molar-refractivity contribution is 7.95. The Morgan fingerprint density at radius 3 is 1.38 bits per heavy atom. The normalized spacial score (nSPS) is 11.2. The van der Waals surface area contributed by atoms with Gasteiger partial charge in [0.1, 0.15) is 23.2 Å². The van der Waals surface area contributed by atoms with Crippen LogP contribution in [0.1, 0.15) is 22.3 Å². The molecule has 4 rings (SSSR count). The van der Waals surface area contributed by atoms with Crippen molar-refractivity contribution in [2.75, 3.05) is 0 Å². The fourth-order valence-electron chi connectivity index (χ4n) is 4.23. The van der Waals surface area contributed by atoms with Crippen LogP contribution in [0, 0.1) is 20.8 Å². The summed E-state index contributed by atoms with van der Waals surface area (Å²) >= 11 is 12.7. The highest BCUT2D eigenvalue weighted by Gasteiger charge is 2.45. The van der Waals surface area contributed by atoms with Crippen LogP contribution in [0.15, 0.2) is 91.0 Å². The van der Waals surface area contributed by atoms with E-state index in [4.69, 9.17) is 23.2 Å². The molecule has 0 unspecified atom stereocenters. The minimum atomic E-state index is -1.99. The highest BCUT2D eigenvalue weighted by Crippen LogP contribution is 2.58. The second-order valence-corrected chi connectivity index (χ2v) is 12.5. The molecule has 0 atom stereocenters. The summed E-state index contributed by atoms with van der Waals surface area (Å²) < 4.78 is 0. The van der Waals surface area contributed by atoms with Crippen molar-refractivity contribution >= 4 is 46.4 Å². The van der Waals surface area contributed by atoms with Crippen molar-refractivity contribution in [1.82, 2.24) is 0 Å². The van der Waals surface area contributed by atoms with Gasteiger partial charge in [0.2, 0.25) is 0 Å². The van der Waals surface area contributed by atoms with Crippen LogP contribution in [0.2, 0.25) is 10.0 Å². The summed E-state index contributed by atoms with van der Waals surface area (Å²) in [6.07, 6.45) is 0.889. The van der Waals surface area contributed by atoms with E-state index >= 15 is 0 Å². The average Bonchev–Trinajstić information content (AvgIpc) is 2.74. The Kier molecular flexibility index (Phi) is 8.07. The molecule has 0 aliphatic heterocycles. The summed E-state index contributed by atoms with van der Waals surface area (Å²) in [6.45, 7) is 6.51. The Balaban J connectivity index is 0.00000289. The molecule has 0 radical (unpaired) electrons. The molecule has 4 aromatic carbocycles. The van der Waals surface area contributed by atoms with Crippen molar-refractivity contribution in [3.05, 3.63) is 123 Å². The fraction of sp³-hybridized carbons (Fsp3) is 0.143. The molecule has 0 nitrogen and oxygen atoms in total. The van der Waals surface area contributed by atoms with Crippen LogP contribution in [-0.4, -0.2) is 0 Å². The van der Waals surface area contributed by atoms with Crippen LogP contribution < -0.4 is 28.3 Å². The predicted molar refractivity (Wildman–Crippen MR) is 140 cm³/mol. The molecule has 0 aliphatic carbocycles. The molecule has 0 spiro atoms. The van der Waals surface area contributed by atoms with Gasteiger partial charge in [-0.15, -0.1) is 0 Å². The zero-order valence-electron chi connectivity index (χ0n) is 18.4. The van der Waals surface area contributed by atoms with Gasteiger partial charge in [0, 0.05) is 0 Å². The van der Waals surface area contributed by atoms with Gasteiger partial charge in [-0.25, -0.2) is 0 Å². The van der Waals surface area contributed by atoms with Gasteiger partial charge in [-0.05, 0) is 91.6 Å². The quantitative estimate of drug-likeness (QED) is 0.357. The Morgan fingerprint density at radius 2 is 1.00 bits per heavy atom. The third-order valence-corrected chi connectivity index (χ3v) is 10.8. The van der Waals surface area contributed by atoms with Gasteiger partial charge in [-0.3, -0.25) is 0 Å². The van der Waals surface area contributed by atoms with Gasteiger partial charge in [0.25, 0.3) is 0 Å². The van der Waals surface area contributed by atoms with E-state index in [-0.39, 0.29) is 12.4 Å². The van der Waals surface area contributed by atoms with E-state index in [1.165, 1.54) is 38.2 Å². The fourth-order valence-corrected chi connectivity index (χ4v) is 9.03. The first kappa shape index (κ1) is 24.8. The van der Waals surface area contributed by atoms with Crippen LogP contribution in [0.4, 0.5) is 0 Å². The second kappa shape index (κ2) is 10.4. The summed E-state index contributed by atoms with van der Waals surface area (Å²) in [4.78, 5) is 0. The Morgan fingerprint density at radius 1 is 0.562 bits per heavy atom. The average molecular weight is 500 g/mol. The number of rotatable bonds is 5. The molecule has 0 saturated carbocycles. The lowest BCUT2D eigenvalue weighted by atomic mass is 10.2. The zero-order chi connectivity index (χ0) is 22.0. The van der Waals surface area contributed by atoms with E-state index < -0.39 is 7.26 Å². The summed E-state index contributed by atoms with van der Waals surface area (Å²) in [7, 11) is -1.99. The summed E-state index contributed by atoms with van der Waals surface area (Å²) in [5, 5.41) is 5.35. The molecule has 32 heavy (non-hydrogen) atoms. The van der Waals surface area contributed by atoms with Crippen molar-refractivity contribution < 1.29 is 12.4 Å². The first-order valence-corrected chi connectivity index (χ1v) is 13.2. The molecule has 0 amide bonds. The van der Waals surface area contributed by atoms with Gasteiger partial charge < -0.3 is 12.4 Å². The maximum absolute atomic E-state index is 6.44. The van der Waals surface area contributed by atoms with Crippen molar-refractivity contribution in [2.45, 2.75) is 26.9 Å². The van der Waals surface area contributed by atoms with Gasteiger partial charge in [-0.2, -0.15) is 0 Å². The van der Waals surface area contributed by atoms with Crippen molar-refractivity contribution in [2.24, 2.45) is 0 Å². The van der Waals surface area contributed by atoms with Crippen LogP contribution in [0.3, 0.4) is 0 Å². The predicted octanol–water partition coefficient (Wildman–Crippen LogP) is 4.42. The molecular formula is C28H26Cl3P. The molecule has 0 bridgehead atoms. The molecule has 0 aromatic heterocycles. The number of hydrogen-bond acceptors (Lipinski definition) is 0. The summed E-state index contributed by atoms with van der Waals surface area (Å²) in [5.41, 5.74) is 5.02. The molecule has 164 valence electrons. The number of aryl methyl sites for hydroxylation is 3. The lowest BCUT2D eigenvalue weighted by Gasteiger charge is -2.28. The van der Waals surface area contributed by atoms with E-state index in [1.54, 1.807) is 0 Å². The topological polar surface area (TPSA) is 0 Å². The largest absolute Gasteiger partial charge is 1.00 e. The molecule has 0 N–H and O–H groups in total. The summed E-state index contributed by atoms with van der Waals surface area (Å²) in [6, 6.07) is 33.1. The Labute approximate surface area is 208 Å². The molecule has 4 aromatic rings. The number of hydrogen-bond donors (Lipinski definition) is 0. The molecular weight excluding hydrogens is 474 g/mol. The standard InChI is InChI=1S/C28H26Cl2P.ClH/c1-20-7-4-10-24(15-20)31(25-11-5-8-21(2)16-25,26-12-6-9-22(3)17-26)19-23-13-14-27(29)28(30)18-23;/h4-18H,19H2,1-3H3;1H/q+1;/p-1. The minimum Gasteiger partial charge on any atom is -1.00 e. The summed E-state index contributed by atoms with van der Waals surface area (Å²) in [5.74, 6) is 0. The van der Waals surface area contributed by atoms with Gasteiger partial charge in [-0.1, -0.05) is 65.7 Å².